The lowest BCUT2D eigenvalue weighted by Crippen LogP contribution is -2.51. The van der Waals surface area contributed by atoms with Crippen LogP contribution in [-0.4, -0.2) is 42.8 Å². The van der Waals surface area contributed by atoms with E-state index in [9.17, 15) is 0 Å². The first kappa shape index (κ1) is 14.9. The molecule has 0 amide bonds. The van der Waals surface area contributed by atoms with Crippen molar-refractivity contribution in [1.29, 1.82) is 0 Å². The average Bonchev–Trinajstić information content (AvgIpc) is 2.26. The second kappa shape index (κ2) is 7.34. The summed E-state index contributed by atoms with van der Waals surface area (Å²) >= 11 is 0. The summed E-state index contributed by atoms with van der Waals surface area (Å²) in [6, 6.07) is 0. The summed E-state index contributed by atoms with van der Waals surface area (Å²) in [7, 11) is 0. The molecule has 102 valence electrons. The Bertz CT molecular complexity index is 206. The fourth-order valence-corrected chi connectivity index (χ4v) is 2.74. The van der Waals surface area contributed by atoms with Gasteiger partial charge >= 0.3 is 0 Å². The molecular formula is C14H30N2O. The number of ether oxygens (including phenoxy) is 1. The minimum absolute atomic E-state index is 0.0403. The van der Waals surface area contributed by atoms with Gasteiger partial charge in [-0.1, -0.05) is 20.3 Å². The van der Waals surface area contributed by atoms with Gasteiger partial charge in [-0.25, -0.2) is 0 Å². The number of piperidine rings is 1. The molecule has 2 atom stereocenters. The van der Waals surface area contributed by atoms with Crippen molar-refractivity contribution in [1.82, 2.24) is 4.90 Å². The van der Waals surface area contributed by atoms with E-state index in [1.54, 1.807) is 0 Å². The van der Waals surface area contributed by atoms with E-state index in [2.05, 4.69) is 25.7 Å². The van der Waals surface area contributed by atoms with E-state index >= 15 is 0 Å². The lowest BCUT2D eigenvalue weighted by atomic mass is 9.95. The Morgan fingerprint density at radius 1 is 1.35 bits per heavy atom. The average molecular weight is 242 g/mol. The maximum Gasteiger partial charge on any atom is 0.0702 e. The first-order valence-electron chi connectivity index (χ1n) is 7.20. The smallest absolute Gasteiger partial charge is 0.0702 e. The number of hydrogen-bond donors (Lipinski definition) is 1. The van der Waals surface area contributed by atoms with Gasteiger partial charge in [-0.3, -0.25) is 4.90 Å². The Morgan fingerprint density at radius 2 is 2.12 bits per heavy atom. The zero-order chi connectivity index (χ0) is 12.7. The van der Waals surface area contributed by atoms with E-state index in [0.29, 0.717) is 6.10 Å². The molecule has 1 rings (SSSR count). The molecule has 0 aromatic rings. The summed E-state index contributed by atoms with van der Waals surface area (Å²) in [5.74, 6) is 0. The largest absolute Gasteiger partial charge is 0.377 e. The van der Waals surface area contributed by atoms with Crippen molar-refractivity contribution in [2.75, 3.05) is 26.2 Å². The fraction of sp³-hybridized carbons (Fsp3) is 1.00. The summed E-state index contributed by atoms with van der Waals surface area (Å²) < 4.78 is 5.85. The Labute approximate surface area is 107 Å². The third kappa shape index (κ3) is 5.84. The van der Waals surface area contributed by atoms with Crippen molar-refractivity contribution >= 4 is 0 Å². The highest BCUT2D eigenvalue weighted by Gasteiger charge is 2.26. The predicted molar refractivity (Wildman–Crippen MR) is 73.2 cm³/mol. The van der Waals surface area contributed by atoms with E-state index in [1.807, 2.05) is 0 Å². The van der Waals surface area contributed by atoms with Crippen LogP contribution in [0.3, 0.4) is 0 Å². The summed E-state index contributed by atoms with van der Waals surface area (Å²) in [6.45, 7) is 10.7. The number of likely N-dealkylation sites (tertiary alicyclic amines) is 1. The van der Waals surface area contributed by atoms with Crippen molar-refractivity contribution in [3.63, 3.8) is 0 Å². The van der Waals surface area contributed by atoms with E-state index in [0.717, 1.165) is 39.0 Å². The summed E-state index contributed by atoms with van der Waals surface area (Å²) in [4.78, 5) is 2.49. The van der Waals surface area contributed by atoms with Gasteiger partial charge in [0.25, 0.3) is 0 Å². The van der Waals surface area contributed by atoms with Gasteiger partial charge in [-0.05, 0) is 39.2 Å². The minimum Gasteiger partial charge on any atom is -0.377 e. The Balaban J connectivity index is 2.33. The zero-order valence-corrected chi connectivity index (χ0v) is 11.9. The van der Waals surface area contributed by atoms with Gasteiger partial charge in [0.2, 0.25) is 0 Å². The molecule has 0 bridgehead atoms. The van der Waals surface area contributed by atoms with Crippen molar-refractivity contribution < 1.29 is 4.74 Å². The van der Waals surface area contributed by atoms with Crippen molar-refractivity contribution in [3.05, 3.63) is 0 Å². The van der Waals surface area contributed by atoms with Crippen LogP contribution >= 0.6 is 0 Å². The molecule has 0 aliphatic carbocycles. The third-order valence-electron chi connectivity index (χ3n) is 3.43. The molecule has 1 heterocycles. The highest BCUT2D eigenvalue weighted by atomic mass is 16.5. The van der Waals surface area contributed by atoms with Crippen molar-refractivity contribution in [2.45, 2.75) is 64.5 Å². The SMILES string of the molecule is CCCOC1CCCN(CC(C)(N)CCC)C1. The number of hydrogen-bond acceptors (Lipinski definition) is 3. The first-order chi connectivity index (χ1) is 8.07. The van der Waals surface area contributed by atoms with Crippen LogP contribution < -0.4 is 5.73 Å². The highest BCUT2D eigenvalue weighted by molar-refractivity contribution is 4.85. The molecule has 2 unspecified atom stereocenters. The molecule has 17 heavy (non-hydrogen) atoms. The van der Waals surface area contributed by atoms with Crippen LogP contribution in [0, 0.1) is 0 Å². The number of rotatable bonds is 7. The van der Waals surface area contributed by atoms with Crippen LogP contribution in [0.2, 0.25) is 0 Å². The topological polar surface area (TPSA) is 38.5 Å². The predicted octanol–water partition coefficient (Wildman–Crippen LogP) is 2.39. The minimum atomic E-state index is -0.0403. The zero-order valence-electron chi connectivity index (χ0n) is 11.9. The normalized spacial score (nSPS) is 25.8. The van der Waals surface area contributed by atoms with Gasteiger partial charge in [0.05, 0.1) is 6.10 Å². The van der Waals surface area contributed by atoms with Gasteiger partial charge in [0.1, 0.15) is 0 Å². The Hall–Kier alpha value is -0.120. The van der Waals surface area contributed by atoms with Crippen LogP contribution in [-0.2, 0) is 4.74 Å². The Morgan fingerprint density at radius 3 is 2.76 bits per heavy atom. The molecule has 0 radical (unpaired) electrons. The second-order valence-corrected chi connectivity index (χ2v) is 5.77. The first-order valence-corrected chi connectivity index (χ1v) is 7.20. The maximum atomic E-state index is 6.32. The fourth-order valence-electron chi connectivity index (χ4n) is 2.74. The third-order valence-corrected chi connectivity index (χ3v) is 3.43. The molecule has 3 nitrogen and oxygen atoms in total. The molecule has 1 aliphatic heterocycles. The molecule has 1 aliphatic rings. The highest BCUT2D eigenvalue weighted by Crippen LogP contribution is 2.17. The van der Waals surface area contributed by atoms with E-state index in [-0.39, 0.29) is 5.54 Å². The molecule has 0 aromatic carbocycles. The van der Waals surface area contributed by atoms with Crippen molar-refractivity contribution in [3.8, 4) is 0 Å². The van der Waals surface area contributed by atoms with E-state index in [1.165, 1.54) is 19.4 Å². The quantitative estimate of drug-likeness (QED) is 0.745. The lowest BCUT2D eigenvalue weighted by molar-refractivity contribution is -0.00510. The molecule has 0 spiro atoms. The maximum absolute atomic E-state index is 6.32. The molecule has 0 saturated carbocycles. The summed E-state index contributed by atoms with van der Waals surface area (Å²) in [6.07, 6.45) is 6.27. The molecule has 1 saturated heterocycles. The van der Waals surface area contributed by atoms with Crippen molar-refractivity contribution in [2.24, 2.45) is 5.73 Å². The van der Waals surface area contributed by atoms with Crippen LogP contribution in [0.1, 0.15) is 52.9 Å². The standard InChI is InChI=1S/C14H30N2O/c1-4-8-14(3,15)12-16-9-6-7-13(11-16)17-10-5-2/h13H,4-12,15H2,1-3H3. The number of nitrogens with zero attached hydrogens (tertiary/aromatic N) is 1. The molecule has 0 aromatic heterocycles. The van der Waals surface area contributed by atoms with Crippen LogP contribution in [0.5, 0.6) is 0 Å². The number of nitrogens with two attached hydrogens (primary N) is 1. The van der Waals surface area contributed by atoms with Crippen LogP contribution in [0.25, 0.3) is 0 Å². The van der Waals surface area contributed by atoms with Crippen LogP contribution in [0.15, 0.2) is 0 Å². The summed E-state index contributed by atoms with van der Waals surface area (Å²) in [5, 5.41) is 0. The monoisotopic (exact) mass is 242 g/mol. The molecule has 1 fully saturated rings. The molecule has 2 N–H and O–H groups in total. The molecular weight excluding hydrogens is 212 g/mol. The van der Waals surface area contributed by atoms with E-state index < -0.39 is 0 Å². The lowest BCUT2D eigenvalue weighted by Gasteiger charge is -2.37. The Kier molecular flexibility index (Phi) is 6.45. The molecule has 3 heteroatoms. The van der Waals surface area contributed by atoms with Gasteiger partial charge in [-0.15, -0.1) is 0 Å². The van der Waals surface area contributed by atoms with Gasteiger partial charge < -0.3 is 10.5 Å². The van der Waals surface area contributed by atoms with Gasteiger partial charge in [-0.2, -0.15) is 0 Å². The summed E-state index contributed by atoms with van der Waals surface area (Å²) in [5.41, 5.74) is 6.28. The van der Waals surface area contributed by atoms with Gasteiger partial charge in [0, 0.05) is 25.2 Å². The van der Waals surface area contributed by atoms with Gasteiger partial charge in [0.15, 0.2) is 0 Å². The van der Waals surface area contributed by atoms with Crippen LogP contribution in [0.4, 0.5) is 0 Å². The second-order valence-electron chi connectivity index (χ2n) is 5.77. The van der Waals surface area contributed by atoms with E-state index in [4.69, 9.17) is 10.5 Å².